The molecule has 0 unspecified atom stereocenters. The molecule has 0 aromatic rings. The molecule has 0 N–H and O–H groups in total. The lowest BCUT2D eigenvalue weighted by atomic mass is 10.4. The number of rotatable bonds is 2. The fourth-order valence-corrected chi connectivity index (χ4v) is 0.675. The first-order chi connectivity index (χ1) is 4.70. The second-order valence-electron chi connectivity index (χ2n) is 2.07. The molecule has 0 saturated heterocycles. The number of ether oxygens (including phenoxy) is 1. The Hall–Kier alpha value is -0.840. The second-order valence-corrected chi connectivity index (χ2v) is 2.78. The zero-order valence-electron chi connectivity index (χ0n) is 5.11. The maximum absolute atomic E-state index is 10.6. The van der Waals surface area contributed by atoms with Crippen LogP contribution in [-0.4, -0.2) is 19.9 Å². The van der Waals surface area contributed by atoms with Crippen molar-refractivity contribution in [3.63, 3.8) is 0 Å². The van der Waals surface area contributed by atoms with Gasteiger partial charge in [-0.25, -0.2) is 0 Å². The highest BCUT2D eigenvalue weighted by Gasteiger charge is 2.30. The standard InChI is InChI=1S/C5H6O4S/c6-5(4-1-2-4)9-3-10(7)8/h3-4H,1-2H2. The number of esters is 1. The first-order valence-corrected chi connectivity index (χ1v) is 3.96. The molecule has 10 heavy (non-hydrogen) atoms. The lowest BCUT2D eigenvalue weighted by Crippen LogP contribution is -2.04. The zero-order valence-corrected chi connectivity index (χ0v) is 5.93. The maximum atomic E-state index is 10.6. The van der Waals surface area contributed by atoms with E-state index in [1.165, 1.54) is 0 Å². The number of hydrogen-bond donors (Lipinski definition) is 0. The van der Waals surface area contributed by atoms with Gasteiger partial charge in [0.2, 0.25) is 15.8 Å². The van der Waals surface area contributed by atoms with Crippen molar-refractivity contribution in [2.24, 2.45) is 5.92 Å². The summed E-state index contributed by atoms with van der Waals surface area (Å²) in [6.45, 7) is 0. The third-order valence-corrected chi connectivity index (χ3v) is 1.41. The van der Waals surface area contributed by atoms with Crippen LogP contribution in [0.1, 0.15) is 12.8 Å². The van der Waals surface area contributed by atoms with Gasteiger partial charge in [0, 0.05) is 0 Å². The van der Waals surface area contributed by atoms with Crippen molar-refractivity contribution in [3.8, 4) is 0 Å². The third-order valence-electron chi connectivity index (χ3n) is 1.15. The van der Waals surface area contributed by atoms with Crippen molar-refractivity contribution < 1.29 is 17.9 Å². The Labute approximate surface area is 59.3 Å². The highest BCUT2D eigenvalue weighted by molar-refractivity contribution is 7.71. The molecule has 0 spiro atoms. The van der Waals surface area contributed by atoms with Gasteiger partial charge in [0.25, 0.3) is 0 Å². The molecule has 0 amide bonds. The Kier molecular flexibility index (Phi) is 2.06. The second kappa shape index (κ2) is 2.83. The summed E-state index contributed by atoms with van der Waals surface area (Å²) in [5.74, 6) is -0.496. The van der Waals surface area contributed by atoms with E-state index in [1.54, 1.807) is 0 Å². The predicted molar refractivity (Wildman–Crippen MR) is 33.8 cm³/mol. The van der Waals surface area contributed by atoms with Gasteiger partial charge in [0.15, 0.2) is 0 Å². The molecule has 1 aliphatic carbocycles. The van der Waals surface area contributed by atoms with E-state index in [9.17, 15) is 13.2 Å². The van der Waals surface area contributed by atoms with Gasteiger partial charge < -0.3 is 4.74 Å². The van der Waals surface area contributed by atoms with Crippen molar-refractivity contribution in [2.45, 2.75) is 12.8 Å². The quantitative estimate of drug-likeness (QED) is 0.408. The van der Waals surface area contributed by atoms with Crippen LogP contribution < -0.4 is 0 Å². The molecule has 5 heteroatoms. The van der Waals surface area contributed by atoms with Gasteiger partial charge in [-0.3, -0.25) is 4.79 Å². The first kappa shape index (κ1) is 7.27. The average molecular weight is 162 g/mol. The molecule has 0 aromatic heterocycles. The summed E-state index contributed by atoms with van der Waals surface area (Å²) in [6, 6.07) is 0. The van der Waals surface area contributed by atoms with Gasteiger partial charge in [0.05, 0.1) is 5.92 Å². The summed E-state index contributed by atoms with van der Waals surface area (Å²) in [7, 11) is -2.39. The minimum absolute atomic E-state index is 0.0557. The van der Waals surface area contributed by atoms with Crippen LogP contribution in [0.3, 0.4) is 0 Å². The van der Waals surface area contributed by atoms with Crippen molar-refractivity contribution >= 4 is 21.8 Å². The molecule has 0 atom stereocenters. The number of carbonyl (C=O) groups excluding carboxylic acids is 1. The van der Waals surface area contributed by atoms with E-state index < -0.39 is 16.3 Å². The molecule has 1 aliphatic rings. The first-order valence-electron chi connectivity index (χ1n) is 2.82. The zero-order chi connectivity index (χ0) is 7.56. The molecule has 0 heterocycles. The highest BCUT2D eigenvalue weighted by Crippen LogP contribution is 2.29. The summed E-state index contributed by atoms with van der Waals surface area (Å²) in [6.07, 6.45) is 1.64. The van der Waals surface area contributed by atoms with Gasteiger partial charge in [-0.1, -0.05) is 0 Å². The average Bonchev–Trinajstić information content (AvgIpc) is 2.63. The molecule has 1 fully saturated rings. The normalized spacial score (nSPS) is 16.0. The SMILES string of the molecule is O=C(OC=S(=O)=O)C1CC1. The van der Waals surface area contributed by atoms with Crippen LogP contribution in [0.15, 0.2) is 0 Å². The van der Waals surface area contributed by atoms with Crippen LogP contribution in [0.25, 0.3) is 0 Å². The number of carbonyl (C=O) groups is 1. The smallest absolute Gasteiger partial charge is 0.314 e. The Morgan fingerprint density at radius 2 is 2.10 bits per heavy atom. The molecule has 4 nitrogen and oxygen atoms in total. The number of hydrogen-bond acceptors (Lipinski definition) is 4. The lowest BCUT2D eigenvalue weighted by Gasteiger charge is -1.89. The highest BCUT2D eigenvalue weighted by atomic mass is 32.2. The molecule has 1 rings (SSSR count). The molecular weight excluding hydrogens is 156 g/mol. The summed E-state index contributed by atoms with van der Waals surface area (Å²) in [4.78, 5) is 10.6. The van der Waals surface area contributed by atoms with E-state index in [1.807, 2.05) is 0 Å². The minimum atomic E-state index is -2.39. The van der Waals surface area contributed by atoms with Gasteiger partial charge in [-0.05, 0) is 12.8 Å². The maximum Gasteiger partial charge on any atom is 0.314 e. The summed E-state index contributed by atoms with van der Waals surface area (Å²) >= 11 is 0. The molecule has 0 radical (unpaired) electrons. The van der Waals surface area contributed by atoms with E-state index in [0.717, 1.165) is 12.8 Å². The Bertz CT molecular complexity index is 251. The van der Waals surface area contributed by atoms with Crippen molar-refractivity contribution in [2.75, 3.05) is 0 Å². The van der Waals surface area contributed by atoms with Gasteiger partial charge in [0.1, 0.15) is 0 Å². The van der Waals surface area contributed by atoms with E-state index in [4.69, 9.17) is 0 Å². The van der Waals surface area contributed by atoms with Crippen LogP contribution in [0.4, 0.5) is 0 Å². The van der Waals surface area contributed by atoms with E-state index in [0.29, 0.717) is 5.55 Å². The van der Waals surface area contributed by atoms with Gasteiger partial charge >= 0.3 is 5.97 Å². The lowest BCUT2D eigenvalue weighted by molar-refractivity contribution is -0.136. The molecule has 56 valence electrons. The fourth-order valence-electron chi connectivity index (χ4n) is 0.502. The molecule has 0 bridgehead atoms. The van der Waals surface area contributed by atoms with Crippen LogP contribution in [-0.2, 0) is 19.8 Å². The van der Waals surface area contributed by atoms with Crippen LogP contribution in [0.2, 0.25) is 0 Å². The third kappa shape index (κ3) is 2.18. The summed E-state index contributed by atoms with van der Waals surface area (Å²) < 4.78 is 23.9. The summed E-state index contributed by atoms with van der Waals surface area (Å²) in [5.41, 5.74) is 0.515. The van der Waals surface area contributed by atoms with Crippen LogP contribution in [0, 0.1) is 5.92 Å². The van der Waals surface area contributed by atoms with E-state index in [2.05, 4.69) is 4.74 Å². The Morgan fingerprint density at radius 3 is 2.50 bits per heavy atom. The minimum Gasteiger partial charge on any atom is -0.418 e. The van der Waals surface area contributed by atoms with Crippen molar-refractivity contribution in [1.29, 1.82) is 0 Å². The molecular formula is C5H6O4S. The van der Waals surface area contributed by atoms with Crippen LogP contribution >= 0.6 is 0 Å². The largest absolute Gasteiger partial charge is 0.418 e. The van der Waals surface area contributed by atoms with Crippen molar-refractivity contribution in [3.05, 3.63) is 0 Å². The topological polar surface area (TPSA) is 60.4 Å². The Morgan fingerprint density at radius 1 is 1.50 bits per heavy atom. The molecule has 0 aromatic carbocycles. The fraction of sp³-hybridized carbons (Fsp3) is 0.600. The van der Waals surface area contributed by atoms with Crippen molar-refractivity contribution in [1.82, 2.24) is 0 Å². The molecule has 1 saturated carbocycles. The van der Waals surface area contributed by atoms with Gasteiger partial charge in [-0.15, -0.1) is 0 Å². The summed E-state index contributed by atoms with van der Waals surface area (Å²) in [5, 5.41) is 0. The Balaban J connectivity index is 2.38. The monoisotopic (exact) mass is 162 g/mol. The van der Waals surface area contributed by atoms with E-state index >= 15 is 0 Å². The molecule has 0 aliphatic heterocycles. The van der Waals surface area contributed by atoms with Crippen LogP contribution in [0.5, 0.6) is 0 Å². The van der Waals surface area contributed by atoms with Gasteiger partial charge in [-0.2, -0.15) is 8.42 Å². The van der Waals surface area contributed by atoms with E-state index in [-0.39, 0.29) is 5.92 Å². The predicted octanol–water partition coefficient (Wildman–Crippen LogP) is -0.422.